The Morgan fingerprint density at radius 3 is 3.00 bits per heavy atom. The number of rotatable bonds is 1. The van der Waals surface area contributed by atoms with Crippen molar-refractivity contribution in [2.24, 2.45) is 5.73 Å². The SMILES string of the molecule is [2H]C1([2H])CCC(N)(c2ccccc2Cl)C(=O)C1([2H])O. The number of nitrogens with two attached hydrogens (primary N) is 1. The van der Waals surface area contributed by atoms with E-state index in [0.29, 0.717) is 5.56 Å². The van der Waals surface area contributed by atoms with Gasteiger partial charge in [0.05, 0.1) is 1.37 Å². The number of hydrogen-bond acceptors (Lipinski definition) is 3. The molecule has 1 aromatic rings. The van der Waals surface area contributed by atoms with Gasteiger partial charge in [-0.15, -0.1) is 0 Å². The summed E-state index contributed by atoms with van der Waals surface area (Å²) in [5.74, 6) is -1.07. The number of halogens is 1. The minimum atomic E-state index is -2.88. The van der Waals surface area contributed by atoms with Crippen molar-refractivity contribution in [1.29, 1.82) is 0 Å². The minimum Gasteiger partial charge on any atom is -0.385 e. The second kappa shape index (κ2) is 4.17. The van der Waals surface area contributed by atoms with Crippen LogP contribution in [-0.4, -0.2) is 17.0 Å². The van der Waals surface area contributed by atoms with E-state index >= 15 is 0 Å². The molecule has 1 aliphatic carbocycles. The maximum absolute atomic E-state index is 12.3. The summed E-state index contributed by atoms with van der Waals surface area (Å²) >= 11 is 6.01. The topological polar surface area (TPSA) is 63.3 Å². The van der Waals surface area contributed by atoms with E-state index in [0.717, 1.165) is 0 Å². The van der Waals surface area contributed by atoms with E-state index in [-0.39, 0.29) is 17.9 Å². The lowest BCUT2D eigenvalue weighted by molar-refractivity contribution is -0.136. The molecule has 3 nitrogen and oxygen atoms in total. The molecular weight excluding hydrogens is 226 g/mol. The van der Waals surface area contributed by atoms with E-state index in [1.807, 2.05) is 0 Å². The van der Waals surface area contributed by atoms with Crippen molar-refractivity contribution in [3.63, 3.8) is 0 Å². The van der Waals surface area contributed by atoms with Crippen LogP contribution in [0.3, 0.4) is 0 Å². The van der Waals surface area contributed by atoms with Crippen LogP contribution in [0.2, 0.25) is 5.02 Å². The van der Waals surface area contributed by atoms with Crippen molar-refractivity contribution in [1.82, 2.24) is 0 Å². The van der Waals surface area contributed by atoms with Crippen LogP contribution in [0.5, 0.6) is 0 Å². The highest BCUT2D eigenvalue weighted by Gasteiger charge is 2.43. The summed E-state index contributed by atoms with van der Waals surface area (Å²) in [4.78, 5) is 12.3. The van der Waals surface area contributed by atoms with Gasteiger partial charge in [0.15, 0.2) is 5.78 Å². The van der Waals surface area contributed by atoms with E-state index in [1.54, 1.807) is 24.3 Å². The molecule has 86 valence electrons. The summed E-state index contributed by atoms with van der Waals surface area (Å²) in [5, 5.41) is 10.1. The van der Waals surface area contributed by atoms with Crippen molar-refractivity contribution >= 4 is 17.4 Å². The van der Waals surface area contributed by atoms with Crippen LogP contribution < -0.4 is 5.73 Å². The Bertz CT molecular complexity index is 535. The highest BCUT2D eigenvalue weighted by Crippen LogP contribution is 2.35. The first kappa shape index (κ1) is 8.23. The van der Waals surface area contributed by atoms with Gasteiger partial charge in [-0.05, 0) is 30.8 Å². The van der Waals surface area contributed by atoms with Crippen molar-refractivity contribution in [3.8, 4) is 0 Å². The summed E-state index contributed by atoms with van der Waals surface area (Å²) in [5.41, 5.74) is 4.71. The Balaban J connectivity index is 2.53. The van der Waals surface area contributed by atoms with E-state index in [4.69, 9.17) is 21.4 Å². The van der Waals surface area contributed by atoms with Crippen LogP contribution >= 0.6 is 11.6 Å². The molecule has 0 saturated heterocycles. The molecule has 0 heterocycles. The molecule has 2 rings (SSSR count). The summed E-state index contributed by atoms with van der Waals surface area (Å²) in [6.45, 7) is 0. The van der Waals surface area contributed by atoms with Gasteiger partial charge in [0.1, 0.15) is 11.6 Å². The molecule has 0 bridgehead atoms. The summed E-state index contributed by atoms with van der Waals surface area (Å²) < 4.78 is 22.8. The smallest absolute Gasteiger partial charge is 0.185 e. The predicted molar refractivity (Wildman–Crippen MR) is 62.2 cm³/mol. The number of ketones is 1. The largest absolute Gasteiger partial charge is 0.385 e. The molecule has 1 aliphatic rings. The monoisotopic (exact) mass is 242 g/mol. The van der Waals surface area contributed by atoms with Crippen LogP contribution in [0.4, 0.5) is 0 Å². The third kappa shape index (κ3) is 1.75. The quantitative estimate of drug-likeness (QED) is 0.787. The molecule has 16 heavy (non-hydrogen) atoms. The third-order valence-electron chi connectivity index (χ3n) is 2.79. The molecular formula is C12H14ClNO2. The average Bonchev–Trinajstić information content (AvgIpc) is 2.34. The number of benzene rings is 1. The Morgan fingerprint density at radius 2 is 2.31 bits per heavy atom. The Kier molecular flexibility index (Phi) is 2.14. The van der Waals surface area contributed by atoms with Gasteiger partial charge >= 0.3 is 0 Å². The van der Waals surface area contributed by atoms with Crippen LogP contribution in [0, 0.1) is 0 Å². The zero-order chi connectivity index (χ0) is 14.5. The van der Waals surface area contributed by atoms with Gasteiger partial charge < -0.3 is 10.8 Å². The maximum atomic E-state index is 12.3. The first-order valence-electron chi connectivity index (χ1n) is 6.44. The number of hydrogen-bond donors (Lipinski definition) is 2. The molecule has 0 aliphatic heterocycles. The first-order chi connectivity index (χ1) is 8.63. The molecule has 1 aromatic carbocycles. The predicted octanol–water partition coefficient (Wildman–Crippen LogP) is 1.61. The van der Waals surface area contributed by atoms with E-state index in [2.05, 4.69) is 0 Å². The van der Waals surface area contributed by atoms with Crippen LogP contribution in [0.15, 0.2) is 24.3 Å². The Morgan fingerprint density at radius 1 is 1.62 bits per heavy atom. The molecule has 2 unspecified atom stereocenters. The second-order valence-electron chi connectivity index (χ2n) is 3.81. The molecule has 0 spiro atoms. The van der Waals surface area contributed by atoms with Gasteiger partial charge in [0.25, 0.3) is 0 Å². The van der Waals surface area contributed by atoms with Gasteiger partial charge in [-0.1, -0.05) is 29.8 Å². The van der Waals surface area contributed by atoms with Crippen LogP contribution in [0.25, 0.3) is 0 Å². The minimum absolute atomic E-state index is 0.0102. The molecule has 1 fully saturated rings. The highest BCUT2D eigenvalue weighted by atomic mass is 35.5. The van der Waals surface area contributed by atoms with Crippen molar-refractivity contribution in [2.75, 3.05) is 0 Å². The van der Waals surface area contributed by atoms with E-state index in [9.17, 15) is 9.90 Å². The van der Waals surface area contributed by atoms with E-state index in [1.165, 1.54) is 0 Å². The van der Waals surface area contributed by atoms with Crippen LogP contribution in [-0.2, 0) is 10.3 Å². The maximum Gasteiger partial charge on any atom is 0.185 e. The molecule has 0 radical (unpaired) electrons. The molecule has 1 saturated carbocycles. The number of carbonyl (C=O) groups excluding carboxylic acids is 1. The van der Waals surface area contributed by atoms with Crippen molar-refractivity contribution < 1.29 is 14.0 Å². The zero-order valence-corrected chi connectivity index (χ0v) is 9.29. The first-order valence-corrected chi connectivity index (χ1v) is 5.32. The average molecular weight is 243 g/mol. The third-order valence-corrected chi connectivity index (χ3v) is 3.12. The van der Waals surface area contributed by atoms with Gasteiger partial charge in [-0.3, -0.25) is 4.79 Å². The summed E-state index contributed by atoms with van der Waals surface area (Å²) in [6.07, 6.45) is -5.41. The van der Waals surface area contributed by atoms with Crippen LogP contribution in [0.1, 0.15) is 28.9 Å². The zero-order valence-electron chi connectivity index (χ0n) is 11.5. The van der Waals surface area contributed by atoms with Gasteiger partial charge in [-0.2, -0.15) is 0 Å². The number of Topliss-reactive ketones (excluding diaryl/α,β-unsaturated/α-hetero) is 1. The molecule has 0 aromatic heterocycles. The molecule has 0 amide bonds. The lowest BCUT2D eigenvalue weighted by Crippen LogP contribution is -2.52. The second-order valence-corrected chi connectivity index (χ2v) is 4.21. The summed E-state index contributed by atoms with van der Waals surface area (Å²) in [6, 6.07) is 6.44. The van der Waals surface area contributed by atoms with Gasteiger partial charge in [0, 0.05) is 7.76 Å². The van der Waals surface area contributed by atoms with Crippen molar-refractivity contribution in [2.45, 2.75) is 30.8 Å². The molecule has 3 N–H and O–H groups in total. The fourth-order valence-corrected chi connectivity index (χ4v) is 2.17. The Labute approximate surface area is 103 Å². The summed E-state index contributed by atoms with van der Waals surface area (Å²) in [7, 11) is 0. The van der Waals surface area contributed by atoms with E-state index < -0.39 is 23.8 Å². The fourth-order valence-electron chi connectivity index (χ4n) is 1.86. The lowest BCUT2D eigenvalue weighted by Gasteiger charge is -2.35. The fraction of sp³-hybridized carbons (Fsp3) is 0.417. The number of aliphatic hydroxyl groups is 1. The van der Waals surface area contributed by atoms with Gasteiger partial charge in [0.2, 0.25) is 0 Å². The Hall–Kier alpha value is -0.900. The standard InChI is InChI=1S/C12H14ClNO2/c13-9-5-2-1-4-8(9)12(14)7-3-6-10(15)11(12)16/h1-2,4-5,10,15H,3,6-7,14H2/i6D2,10D. The highest BCUT2D eigenvalue weighted by molar-refractivity contribution is 6.31. The normalized spacial score (nSPS) is 40.9. The van der Waals surface area contributed by atoms with Crippen molar-refractivity contribution in [3.05, 3.63) is 34.9 Å². The number of carbonyl (C=O) groups is 1. The lowest BCUT2D eigenvalue weighted by atomic mass is 9.75. The molecule has 4 heteroatoms. The van der Waals surface area contributed by atoms with Gasteiger partial charge in [-0.25, -0.2) is 0 Å². The molecule has 2 atom stereocenters.